The summed E-state index contributed by atoms with van der Waals surface area (Å²) >= 11 is 8.53. The SMILES string of the molecule is Cc1ncc(CNc2nsnc2Cl)s1. The van der Waals surface area contributed by atoms with Crippen LogP contribution in [0.3, 0.4) is 0 Å². The Morgan fingerprint density at radius 2 is 2.36 bits per heavy atom. The highest BCUT2D eigenvalue weighted by Gasteiger charge is 2.05. The van der Waals surface area contributed by atoms with Gasteiger partial charge in [-0.15, -0.1) is 11.3 Å². The number of aryl methyl sites for hydroxylation is 1. The smallest absolute Gasteiger partial charge is 0.186 e. The first-order chi connectivity index (χ1) is 6.75. The molecule has 0 aliphatic heterocycles. The lowest BCUT2D eigenvalue weighted by molar-refractivity contribution is 1.15. The second kappa shape index (κ2) is 4.20. The number of aromatic nitrogens is 3. The molecule has 0 saturated carbocycles. The molecule has 2 heterocycles. The van der Waals surface area contributed by atoms with Gasteiger partial charge in [0.1, 0.15) is 0 Å². The fourth-order valence-corrected chi connectivity index (χ4v) is 2.36. The molecule has 0 spiro atoms. The maximum atomic E-state index is 5.77. The minimum absolute atomic E-state index is 0.427. The summed E-state index contributed by atoms with van der Waals surface area (Å²) in [6, 6.07) is 0. The van der Waals surface area contributed by atoms with Gasteiger partial charge in [0.2, 0.25) is 0 Å². The summed E-state index contributed by atoms with van der Waals surface area (Å²) in [4.78, 5) is 5.31. The van der Waals surface area contributed by atoms with Crippen molar-refractivity contribution in [2.45, 2.75) is 13.5 Å². The number of nitrogens with one attached hydrogen (secondary N) is 1. The number of hydrogen-bond donors (Lipinski definition) is 1. The van der Waals surface area contributed by atoms with E-state index in [9.17, 15) is 0 Å². The van der Waals surface area contributed by atoms with Crippen LogP contribution < -0.4 is 5.32 Å². The van der Waals surface area contributed by atoms with Crippen molar-refractivity contribution in [1.29, 1.82) is 0 Å². The molecular formula is C7H7ClN4S2. The molecule has 14 heavy (non-hydrogen) atoms. The monoisotopic (exact) mass is 246 g/mol. The summed E-state index contributed by atoms with van der Waals surface area (Å²) in [5.74, 6) is 0.641. The summed E-state index contributed by atoms with van der Waals surface area (Å²) in [7, 11) is 0. The quantitative estimate of drug-likeness (QED) is 0.905. The highest BCUT2D eigenvalue weighted by Crippen LogP contribution is 2.19. The Hall–Kier alpha value is -0.720. The molecule has 4 nitrogen and oxygen atoms in total. The van der Waals surface area contributed by atoms with E-state index in [1.54, 1.807) is 11.3 Å². The van der Waals surface area contributed by atoms with Crippen LogP contribution in [-0.4, -0.2) is 13.7 Å². The van der Waals surface area contributed by atoms with Gasteiger partial charge in [0.25, 0.3) is 0 Å². The zero-order valence-corrected chi connectivity index (χ0v) is 9.71. The van der Waals surface area contributed by atoms with Crippen molar-refractivity contribution in [2.24, 2.45) is 0 Å². The van der Waals surface area contributed by atoms with Crippen LogP contribution in [0.25, 0.3) is 0 Å². The molecule has 0 aromatic carbocycles. The fourth-order valence-electron chi connectivity index (χ4n) is 0.941. The lowest BCUT2D eigenvalue weighted by Crippen LogP contribution is -1.97. The van der Waals surface area contributed by atoms with Crippen molar-refractivity contribution >= 4 is 40.5 Å². The lowest BCUT2D eigenvalue weighted by Gasteiger charge is -1.98. The second-order valence-electron chi connectivity index (χ2n) is 2.60. The van der Waals surface area contributed by atoms with Crippen LogP contribution in [0.5, 0.6) is 0 Å². The van der Waals surface area contributed by atoms with Gasteiger partial charge in [-0.05, 0) is 6.92 Å². The predicted molar refractivity (Wildman–Crippen MR) is 59.1 cm³/mol. The third-order valence-electron chi connectivity index (χ3n) is 1.55. The number of rotatable bonds is 3. The Kier molecular flexibility index (Phi) is 2.95. The van der Waals surface area contributed by atoms with E-state index in [1.165, 1.54) is 0 Å². The number of anilines is 1. The molecule has 0 aliphatic rings. The normalized spacial score (nSPS) is 10.4. The molecule has 74 valence electrons. The van der Waals surface area contributed by atoms with E-state index in [0.29, 0.717) is 17.5 Å². The van der Waals surface area contributed by atoms with Crippen LogP contribution >= 0.6 is 34.7 Å². The Labute approximate surface area is 94.3 Å². The average molecular weight is 247 g/mol. The van der Waals surface area contributed by atoms with Gasteiger partial charge < -0.3 is 5.32 Å². The molecule has 2 aromatic rings. The molecule has 0 aliphatic carbocycles. The van der Waals surface area contributed by atoms with Gasteiger partial charge in [0.05, 0.1) is 23.3 Å². The largest absolute Gasteiger partial charge is 0.362 e. The van der Waals surface area contributed by atoms with E-state index < -0.39 is 0 Å². The van der Waals surface area contributed by atoms with Crippen LogP contribution in [0.15, 0.2) is 6.20 Å². The topological polar surface area (TPSA) is 50.7 Å². The maximum Gasteiger partial charge on any atom is 0.186 e. The van der Waals surface area contributed by atoms with E-state index in [1.807, 2.05) is 13.1 Å². The number of nitrogens with zero attached hydrogens (tertiary/aromatic N) is 3. The zero-order chi connectivity index (χ0) is 9.97. The summed E-state index contributed by atoms with van der Waals surface area (Å²) in [5, 5.41) is 4.58. The first kappa shape index (κ1) is 9.82. The van der Waals surface area contributed by atoms with Gasteiger partial charge in [0, 0.05) is 11.1 Å². The minimum Gasteiger partial charge on any atom is -0.362 e. The summed E-state index contributed by atoms with van der Waals surface area (Å²) in [6.07, 6.45) is 1.85. The molecule has 0 atom stereocenters. The molecule has 7 heteroatoms. The van der Waals surface area contributed by atoms with Crippen molar-refractivity contribution < 1.29 is 0 Å². The molecule has 0 amide bonds. The molecular weight excluding hydrogens is 240 g/mol. The molecule has 0 radical (unpaired) electrons. The van der Waals surface area contributed by atoms with Gasteiger partial charge in [-0.3, -0.25) is 0 Å². The van der Waals surface area contributed by atoms with E-state index in [4.69, 9.17) is 11.6 Å². The van der Waals surface area contributed by atoms with E-state index in [0.717, 1.165) is 21.6 Å². The summed E-state index contributed by atoms with van der Waals surface area (Å²) in [5.41, 5.74) is 0. The first-order valence-electron chi connectivity index (χ1n) is 3.89. The Morgan fingerprint density at radius 3 is 2.93 bits per heavy atom. The van der Waals surface area contributed by atoms with E-state index in [2.05, 4.69) is 19.0 Å². The van der Waals surface area contributed by atoms with Gasteiger partial charge >= 0.3 is 0 Å². The van der Waals surface area contributed by atoms with Gasteiger partial charge in [0.15, 0.2) is 11.0 Å². The molecule has 2 aromatic heterocycles. The number of halogens is 1. The van der Waals surface area contributed by atoms with Crippen molar-refractivity contribution in [2.75, 3.05) is 5.32 Å². The van der Waals surface area contributed by atoms with Crippen LogP contribution in [0.2, 0.25) is 5.15 Å². The third kappa shape index (κ3) is 2.20. The van der Waals surface area contributed by atoms with Crippen LogP contribution in [0, 0.1) is 6.92 Å². The van der Waals surface area contributed by atoms with E-state index >= 15 is 0 Å². The van der Waals surface area contributed by atoms with Gasteiger partial charge in [-0.25, -0.2) is 4.98 Å². The van der Waals surface area contributed by atoms with Crippen molar-refractivity contribution in [1.82, 2.24) is 13.7 Å². The van der Waals surface area contributed by atoms with Crippen molar-refractivity contribution in [3.63, 3.8) is 0 Å². The van der Waals surface area contributed by atoms with E-state index in [-0.39, 0.29) is 0 Å². The van der Waals surface area contributed by atoms with Crippen LogP contribution in [-0.2, 0) is 6.54 Å². The standard InChI is InChI=1S/C7H7ClN4S2/c1-4-9-2-5(13-4)3-10-7-6(8)11-14-12-7/h2H,3H2,1H3,(H,10,12). The predicted octanol–water partition coefficient (Wildman–Crippen LogP) is 2.57. The summed E-state index contributed by atoms with van der Waals surface area (Å²) in [6.45, 7) is 2.67. The average Bonchev–Trinajstić information content (AvgIpc) is 2.72. The Morgan fingerprint density at radius 1 is 1.50 bits per heavy atom. The maximum absolute atomic E-state index is 5.77. The van der Waals surface area contributed by atoms with Crippen molar-refractivity contribution in [3.8, 4) is 0 Å². The van der Waals surface area contributed by atoms with Gasteiger partial charge in [-0.2, -0.15) is 8.75 Å². The molecule has 2 rings (SSSR count). The molecule has 0 fully saturated rings. The molecule has 0 saturated heterocycles. The fraction of sp³-hybridized carbons (Fsp3) is 0.286. The minimum atomic E-state index is 0.427. The molecule has 0 bridgehead atoms. The number of thiazole rings is 1. The zero-order valence-electron chi connectivity index (χ0n) is 7.32. The highest BCUT2D eigenvalue weighted by atomic mass is 35.5. The Bertz CT molecular complexity index is 425. The molecule has 0 unspecified atom stereocenters. The lowest BCUT2D eigenvalue weighted by atomic mass is 10.5. The van der Waals surface area contributed by atoms with Crippen LogP contribution in [0.1, 0.15) is 9.88 Å². The van der Waals surface area contributed by atoms with Crippen molar-refractivity contribution in [3.05, 3.63) is 21.2 Å². The highest BCUT2D eigenvalue weighted by molar-refractivity contribution is 7.11. The van der Waals surface area contributed by atoms with Crippen LogP contribution in [0.4, 0.5) is 5.82 Å². The summed E-state index contributed by atoms with van der Waals surface area (Å²) < 4.78 is 7.86. The Balaban J connectivity index is 1.98. The van der Waals surface area contributed by atoms with Gasteiger partial charge in [-0.1, -0.05) is 11.6 Å². The second-order valence-corrected chi connectivity index (χ2v) is 4.81. The molecule has 1 N–H and O–H groups in total. The first-order valence-corrected chi connectivity index (χ1v) is 5.81. The number of hydrogen-bond acceptors (Lipinski definition) is 6. The third-order valence-corrected chi connectivity index (χ3v) is 3.35.